The zero-order valence-corrected chi connectivity index (χ0v) is 21.9. The summed E-state index contributed by atoms with van der Waals surface area (Å²) in [5.74, 6) is 2.29. The van der Waals surface area contributed by atoms with Gasteiger partial charge >= 0.3 is 0 Å². The van der Waals surface area contributed by atoms with Gasteiger partial charge in [0.2, 0.25) is 0 Å². The number of aryl methyl sites for hydroxylation is 2. The summed E-state index contributed by atoms with van der Waals surface area (Å²) in [6, 6.07) is 16.5. The molecule has 1 atom stereocenters. The largest absolute Gasteiger partial charge is 0.376 e. The predicted octanol–water partition coefficient (Wildman–Crippen LogP) is 4.12. The molecule has 0 bridgehead atoms. The van der Waals surface area contributed by atoms with Crippen molar-refractivity contribution < 1.29 is 4.74 Å². The molecule has 1 aromatic carbocycles. The average Bonchev–Trinajstić information content (AvgIpc) is 3.41. The fraction of sp³-hybridized carbons (Fsp3) is 0.400. The highest BCUT2D eigenvalue weighted by Gasteiger charge is 2.25. The maximum Gasteiger partial charge on any atom is 0.193 e. The molecule has 0 aliphatic carbocycles. The number of halogens is 1. The highest BCUT2D eigenvalue weighted by atomic mass is 127. The summed E-state index contributed by atoms with van der Waals surface area (Å²) < 4.78 is 7.82. The number of pyridine rings is 1. The van der Waals surface area contributed by atoms with Gasteiger partial charge in [-0.25, -0.2) is 9.67 Å². The molecular weight excluding hydrogens is 527 g/mol. The van der Waals surface area contributed by atoms with Crippen LogP contribution in [0.1, 0.15) is 28.9 Å². The lowest BCUT2D eigenvalue weighted by Gasteiger charge is -2.22. The van der Waals surface area contributed by atoms with Crippen LogP contribution in [0.3, 0.4) is 0 Å². The Kier molecular flexibility index (Phi) is 9.25. The first-order valence-electron chi connectivity index (χ1n) is 11.2. The number of rotatable bonds is 7. The van der Waals surface area contributed by atoms with Crippen molar-refractivity contribution in [3.05, 3.63) is 77.2 Å². The molecule has 176 valence electrons. The van der Waals surface area contributed by atoms with Crippen molar-refractivity contribution in [3.63, 3.8) is 0 Å². The molecule has 2 aromatic heterocycles. The third kappa shape index (κ3) is 6.77. The molecule has 1 saturated heterocycles. The quantitative estimate of drug-likeness (QED) is 0.268. The monoisotopic (exact) mass is 560 g/mol. The number of guanidine groups is 1. The summed E-state index contributed by atoms with van der Waals surface area (Å²) >= 11 is 0. The lowest BCUT2D eigenvalue weighted by Crippen LogP contribution is -2.39. The third-order valence-electron chi connectivity index (χ3n) is 5.75. The van der Waals surface area contributed by atoms with Crippen molar-refractivity contribution >= 4 is 29.9 Å². The van der Waals surface area contributed by atoms with Crippen LogP contribution in [0.4, 0.5) is 0 Å². The minimum Gasteiger partial charge on any atom is -0.376 e. The van der Waals surface area contributed by atoms with E-state index in [-0.39, 0.29) is 24.0 Å². The smallest absolute Gasteiger partial charge is 0.193 e. The molecule has 0 saturated carbocycles. The van der Waals surface area contributed by atoms with Crippen molar-refractivity contribution in [1.29, 1.82) is 0 Å². The molecule has 3 heterocycles. The van der Waals surface area contributed by atoms with Gasteiger partial charge in [-0.2, -0.15) is 5.10 Å². The Morgan fingerprint density at radius 2 is 1.97 bits per heavy atom. The topological polar surface area (TPSA) is 67.6 Å². The minimum absolute atomic E-state index is 0. The summed E-state index contributed by atoms with van der Waals surface area (Å²) in [4.78, 5) is 11.4. The Morgan fingerprint density at radius 1 is 1.15 bits per heavy atom. The summed E-state index contributed by atoms with van der Waals surface area (Å²) in [7, 11) is 1.84. The molecule has 1 aliphatic rings. The van der Waals surface area contributed by atoms with Crippen LogP contribution in [-0.2, 0) is 17.9 Å². The van der Waals surface area contributed by atoms with E-state index in [1.807, 2.05) is 56.0 Å². The van der Waals surface area contributed by atoms with Crippen molar-refractivity contribution in [2.75, 3.05) is 26.7 Å². The number of aromatic nitrogens is 3. The number of ether oxygens (including phenoxy) is 1. The summed E-state index contributed by atoms with van der Waals surface area (Å²) in [6.45, 7) is 8.12. The fourth-order valence-electron chi connectivity index (χ4n) is 4.10. The summed E-state index contributed by atoms with van der Waals surface area (Å²) in [6.07, 6.45) is 3.02. The van der Waals surface area contributed by atoms with Crippen molar-refractivity contribution in [2.45, 2.75) is 33.4 Å². The molecule has 1 fully saturated rings. The minimum atomic E-state index is 0. The molecule has 0 radical (unpaired) electrons. The van der Waals surface area contributed by atoms with Crippen LogP contribution in [0.2, 0.25) is 0 Å². The second kappa shape index (κ2) is 12.1. The van der Waals surface area contributed by atoms with E-state index in [2.05, 4.69) is 49.6 Å². The molecule has 33 heavy (non-hydrogen) atoms. The molecule has 1 aliphatic heterocycles. The number of likely N-dealkylation sites (tertiary alicyclic amines) is 1. The number of hydrogen-bond acceptors (Lipinski definition) is 4. The van der Waals surface area contributed by atoms with Crippen LogP contribution in [0, 0.1) is 19.8 Å². The first-order valence-corrected chi connectivity index (χ1v) is 11.2. The van der Waals surface area contributed by atoms with Gasteiger partial charge in [0.25, 0.3) is 0 Å². The van der Waals surface area contributed by atoms with Crippen molar-refractivity contribution in [1.82, 2.24) is 25.0 Å². The van der Waals surface area contributed by atoms with Crippen molar-refractivity contribution in [2.24, 2.45) is 10.9 Å². The van der Waals surface area contributed by atoms with E-state index >= 15 is 0 Å². The van der Waals surface area contributed by atoms with E-state index < -0.39 is 0 Å². The highest BCUT2D eigenvalue weighted by Crippen LogP contribution is 2.18. The molecule has 8 heteroatoms. The van der Waals surface area contributed by atoms with E-state index in [0.717, 1.165) is 54.8 Å². The van der Waals surface area contributed by atoms with E-state index in [1.165, 1.54) is 5.56 Å². The molecule has 4 rings (SSSR count). The molecule has 1 N–H and O–H groups in total. The van der Waals surface area contributed by atoms with Gasteiger partial charge in [-0.3, -0.25) is 4.99 Å². The van der Waals surface area contributed by atoms with Crippen LogP contribution in [0.25, 0.3) is 5.82 Å². The molecule has 1 unspecified atom stereocenters. The zero-order chi connectivity index (χ0) is 22.3. The first kappa shape index (κ1) is 25.2. The van der Waals surface area contributed by atoms with Gasteiger partial charge in [-0.1, -0.05) is 36.4 Å². The summed E-state index contributed by atoms with van der Waals surface area (Å²) in [5.41, 5.74) is 4.40. The van der Waals surface area contributed by atoms with Gasteiger partial charge in [0.15, 0.2) is 11.8 Å². The van der Waals surface area contributed by atoms with Gasteiger partial charge in [-0.15, -0.1) is 24.0 Å². The summed E-state index contributed by atoms with van der Waals surface area (Å²) in [5, 5.41) is 7.98. The molecule has 0 amide bonds. The Labute approximate surface area is 213 Å². The highest BCUT2D eigenvalue weighted by molar-refractivity contribution is 14.0. The Bertz CT molecular complexity index is 1030. The Hall–Kier alpha value is -2.46. The van der Waals surface area contributed by atoms with Gasteiger partial charge in [-0.05, 0) is 43.5 Å². The molecular formula is C25H33IN6O. The molecule has 7 nitrogen and oxygen atoms in total. The maximum absolute atomic E-state index is 5.95. The second-order valence-electron chi connectivity index (χ2n) is 8.37. The van der Waals surface area contributed by atoms with Gasteiger partial charge < -0.3 is 15.0 Å². The van der Waals surface area contributed by atoms with E-state index in [9.17, 15) is 0 Å². The van der Waals surface area contributed by atoms with Crippen LogP contribution in [-0.4, -0.2) is 52.4 Å². The lowest BCUT2D eigenvalue weighted by molar-refractivity contribution is 0.0906. The van der Waals surface area contributed by atoms with Crippen LogP contribution < -0.4 is 5.32 Å². The van der Waals surface area contributed by atoms with E-state index in [4.69, 9.17) is 4.74 Å². The number of nitrogens with one attached hydrogen (secondary N) is 1. The number of aliphatic imine (C=N–C) groups is 1. The zero-order valence-electron chi connectivity index (χ0n) is 19.6. The average molecular weight is 560 g/mol. The van der Waals surface area contributed by atoms with Gasteiger partial charge in [0.05, 0.1) is 18.9 Å². The van der Waals surface area contributed by atoms with Gasteiger partial charge in [0, 0.05) is 44.5 Å². The first-order chi connectivity index (χ1) is 15.6. The van der Waals surface area contributed by atoms with Gasteiger partial charge in [0.1, 0.15) is 0 Å². The maximum atomic E-state index is 5.95. The fourth-order valence-corrected chi connectivity index (χ4v) is 4.10. The number of nitrogens with zero attached hydrogens (tertiary/aromatic N) is 5. The van der Waals surface area contributed by atoms with E-state index in [0.29, 0.717) is 19.1 Å². The van der Waals surface area contributed by atoms with Crippen LogP contribution in [0.15, 0.2) is 59.7 Å². The van der Waals surface area contributed by atoms with Crippen molar-refractivity contribution in [3.8, 4) is 5.82 Å². The Morgan fingerprint density at radius 3 is 2.64 bits per heavy atom. The normalized spacial score (nSPS) is 16.0. The van der Waals surface area contributed by atoms with Crippen LogP contribution >= 0.6 is 24.0 Å². The number of benzene rings is 1. The van der Waals surface area contributed by atoms with E-state index in [1.54, 1.807) is 0 Å². The lowest BCUT2D eigenvalue weighted by atomic mass is 10.1. The predicted molar refractivity (Wildman–Crippen MR) is 142 cm³/mol. The SMILES string of the molecule is CN=C(NCc1ccc(-n2nc(C)cc2C)nc1)N1CCC(COCc2ccccc2)C1.I. The van der Waals surface area contributed by atoms with Crippen LogP contribution in [0.5, 0.6) is 0 Å². The number of hydrogen-bond donors (Lipinski definition) is 1. The Balaban J connectivity index is 0.00000306. The standard InChI is InChI=1S/C25H32N6O.HI/c1-19-13-20(2)31(29-19)24-10-9-22(14-27-24)15-28-25(26-3)30-12-11-23(16-30)18-32-17-21-7-5-4-6-8-21;/h4-10,13-14,23H,11-12,15-18H2,1-3H3,(H,26,28);1H. The second-order valence-corrected chi connectivity index (χ2v) is 8.37. The molecule has 0 spiro atoms. The third-order valence-corrected chi connectivity index (χ3v) is 5.75. The molecule has 3 aromatic rings.